The first-order chi connectivity index (χ1) is 12.5. The first-order valence-electron chi connectivity index (χ1n) is 7.66. The highest BCUT2D eigenvalue weighted by Gasteiger charge is 2.23. The number of aromatic nitrogens is 2. The molecule has 26 heavy (non-hydrogen) atoms. The second kappa shape index (κ2) is 6.75. The molecule has 3 aromatic rings. The van der Waals surface area contributed by atoms with Gasteiger partial charge in [0.1, 0.15) is 5.69 Å². The molecule has 1 amide bonds. The van der Waals surface area contributed by atoms with E-state index in [4.69, 9.17) is 9.47 Å². The Morgan fingerprint density at radius 2 is 1.77 bits per heavy atom. The van der Waals surface area contributed by atoms with Gasteiger partial charge >= 0.3 is 0 Å². The lowest BCUT2D eigenvalue weighted by molar-refractivity contribution is 0.102. The fourth-order valence-electron chi connectivity index (χ4n) is 2.72. The monoisotopic (exact) mass is 355 g/mol. The minimum absolute atomic E-state index is 0.219. The van der Waals surface area contributed by atoms with Gasteiger partial charge in [-0.05, 0) is 30.7 Å². The van der Waals surface area contributed by atoms with Crippen LogP contribution in [0.4, 0.5) is 5.69 Å². The molecule has 0 saturated heterocycles. The maximum Gasteiger partial charge on any atom is 0.256 e. The predicted octanol–water partition coefficient (Wildman–Crippen LogP) is 2.62. The molecular formula is C18H17N3O5. The van der Waals surface area contributed by atoms with Crippen molar-refractivity contribution in [2.75, 3.05) is 19.5 Å². The molecule has 134 valence electrons. The van der Waals surface area contributed by atoms with Crippen molar-refractivity contribution in [3.05, 3.63) is 41.7 Å². The van der Waals surface area contributed by atoms with E-state index in [0.29, 0.717) is 16.8 Å². The zero-order valence-electron chi connectivity index (χ0n) is 14.4. The van der Waals surface area contributed by atoms with Crippen LogP contribution in [-0.2, 0) is 0 Å². The molecule has 0 fully saturated rings. The number of pyridine rings is 2. The number of nitrogens with one attached hydrogen (secondary N) is 1. The summed E-state index contributed by atoms with van der Waals surface area (Å²) in [6.07, 6.45) is 2.92. The number of benzene rings is 1. The van der Waals surface area contributed by atoms with Crippen LogP contribution >= 0.6 is 0 Å². The minimum atomic E-state index is -0.530. The number of rotatable bonds is 4. The number of nitrogens with zero attached hydrogens (tertiary/aromatic N) is 2. The summed E-state index contributed by atoms with van der Waals surface area (Å²) in [5.74, 6) is -0.729. The van der Waals surface area contributed by atoms with Crippen molar-refractivity contribution < 1.29 is 24.5 Å². The Kier molecular flexibility index (Phi) is 4.49. The maximum absolute atomic E-state index is 12.3. The van der Waals surface area contributed by atoms with Crippen LogP contribution in [0.25, 0.3) is 10.9 Å². The van der Waals surface area contributed by atoms with Gasteiger partial charge in [-0.3, -0.25) is 9.78 Å². The van der Waals surface area contributed by atoms with E-state index in [1.807, 2.05) is 0 Å². The van der Waals surface area contributed by atoms with Crippen LogP contribution in [0, 0.1) is 6.92 Å². The molecule has 0 atom stereocenters. The Labute approximate surface area is 149 Å². The van der Waals surface area contributed by atoms with E-state index in [2.05, 4.69) is 15.3 Å². The molecule has 0 aliphatic rings. The molecule has 3 rings (SSSR count). The number of carbonyl (C=O) groups is 1. The molecule has 3 N–H and O–H groups in total. The van der Waals surface area contributed by atoms with Gasteiger partial charge in [0, 0.05) is 18.0 Å². The summed E-state index contributed by atoms with van der Waals surface area (Å²) in [5.41, 5.74) is 1.12. The Morgan fingerprint density at radius 1 is 1.12 bits per heavy atom. The van der Waals surface area contributed by atoms with E-state index in [0.717, 1.165) is 5.56 Å². The normalized spacial score (nSPS) is 10.6. The molecule has 8 nitrogen and oxygen atoms in total. The van der Waals surface area contributed by atoms with Gasteiger partial charge < -0.3 is 25.0 Å². The lowest BCUT2D eigenvalue weighted by atomic mass is 10.1. The van der Waals surface area contributed by atoms with Gasteiger partial charge in [0.2, 0.25) is 5.88 Å². The summed E-state index contributed by atoms with van der Waals surface area (Å²) in [6.45, 7) is 1.79. The van der Waals surface area contributed by atoms with Crippen LogP contribution in [0.3, 0.4) is 0 Å². The molecule has 2 heterocycles. The third-order valence-corrected chi connectivity index (χ3v) is 3.91. The number of ether oxygens (including phenoxy) is 2. The zero-order chi connectivity index (χ0) is 18.8. The van der Waals surface area contributed by atoms with Gasteiger partial charge in [0.05, 0.1) is 25.1 Å². The van der Waals surface area contributed by atoms with Crippen LogP contribution in [0.15, 0.2) is 30.6 Å². The highest BCUT2D eigenvalue weighted by Crippen LogP contribution is 2.47. The van der Waals surface area contributed by atoms with E-state index in [1.165, 1.54) is 38.7 Å². The molecule has 0 saturated carbocycles. The van der Waals surface area contributed by atoms with Crippen LogP contribution in [0.2, 0.25) is 0 Å². The van der Waals surface area contributed by atoms with E-state index in [9.17, 15) is 15.0 Å². The lowest BCUT2D eigenvalue weighted by Gasteiger charge is -2.16. The standard InChI is InChI=1S/C18H17N3O5/c1-9-8-11-12(16(26-3)15(9)25-2)14(22)13(18(24)20-11)21-17(23)10-4-6-19-7-5-10/h4-8H,1-3H3,(H,21,23)(H2,20,22,24). The van der Waals surface area contributed by atoms with Crippen molar-refractivity contribution in [2.24, 2.45) is 0 Å². The third-order valence-electron chi connectivity index (χ3n) is 3.91. The Balaban J connectivity index is 2.18. The molecule has 0 aliphatic heterocycles. The number of fused-ring (bicyclic) bond motifs is 1. The molecule has 0 unspecified atom stereocenters. The highest BCUT2D eigenvalue weighted by molar-refractivity contribution is 6.08. The molecule has 1 aromatic carbocycles. The number of methoxy groups -OCH3 is 2. The third kappa shape index (κ3) is 2.81. The first kappa shape index (κ1) is 17.3. The second-order valence-electron chi connectivity index (χ2n) is 5.50. The van der Waals surface area contributed by atoms with Crippen LogP contribution in [0.5, 0.6) is 23.1 Å². The second-order valence-corrected chi connectivity index (χ2v) is 5.50. The van der Waals surface area contributed by atoms with Crippen molar-refractivity contribution in [3.8, 4) is 23.1 Å². The number of anilines is 1. The summed E-state index contributed by atoms with van der Waals surface area (Å²) < 4.78 is 10.7. The van der Waals surface area contributed by atoms with Gasteiger partial charge in [-0.25, -0.2) is 4.98 Å². The average molecular weight is 355 g/mol. The predicted molar refractivity (Wildman–Crippen MR) is 95.1 cm³/mol. The Hall–Kier alpha value is -3.55. The van der Waals surface area contributed by atoms with Crippen LogP contribution in [0.1, 0.15) is 15.9 Å². The number of amides is 1. The van der Waals surface area contributed by atoms with Crippen molar-refractivity contribution in [2.45, 2.75) is 6.92 Å². The largest absolute Gasteiger partial charge is 0.505 e. The van der Waals surface area contributed by atoms with Gasteiger partial charge in [0.25, 0.3) is 5.91 Å². The molecular weight excluding hydrogens is 338 g/mol. The fourth-order valence-corrected chi connectivity index (χ4v) is 2.72. The number of aryl methyl sites for hydroxylation is 1. The van der Waals surface area contributed by atoms with Crippen LogP contribution < -0.4 is 14.8 Å². The van der Waals surface area contributed by atoms with Crippen molar-refractivity contribution in [1.29, 1.82) is 0 Å². The topological polar surface area (TPSA) is 114 Å². The molecule has 0 radical (unpaired) electrons. The zero-order valence-corrected chi connectivity index (χ0v) is 14.4. The summed E-state index contributed by atoms with van der Waals surface area (Å²) in [4.78, 5) is 20.2. The Morgan fingerprint density at radius 3 is 2.38 bits per heavy atom. The highest BCUT2D eigenvalue weighted by atomic mass is 16.5. The van der Waals surface area contributed by atoms with Gasteiger partial charge in [-0.1, -0.05) is 0 Å². The quantitative estimate of drug-likeness (QED) is 0.659. The van der Waals surface area contributed by atoms with Gasteiger partial charge in [0.15, 0.2) is 17.2 Å². The fraction of sp³-hybridized carbons (Fsp3) is 0.167. The van der Waals surface area contributed by atoms with Gasteiger partial charge in [-0.2, -0.15) is 0 Å². The average Bonchev–Trinajstić information content (AvgIpc) is 2.64. The number of aromatic hydroxyl groups is 2. The van der Waals surface area contributed by atoms with E-state index in [1.54, 1.807) is 13.0 Å². The summed E-state index contributed by atoms with van der Waals surface area (Å²) >= 11 is 0. The first-order valence-corrected chi connectivity index (χ1v) is 7.66. The SMILES string of the molecule is COc1c(C)cc2nc(O)c(NC(=O)c3ccncc3)c(O)c2c1OC. The van der Waals surface area contributed by atoms with Crippen molar-refractivity contribution >= 4 is 22.5 Å². The van der Waals surface area contributed by atoms with Gasteiger partial charge in [-0.15, -0.1) is 0 Å². The lowest BCUT2D eigenvalue weighted by Crippen LogP contribution is -2.12. The van der Waals surface area contributed by atoms with Crippen molar-refractivity contribution in [1.82, 2.24) is 9.97 Å². The Bertz CT molecular complexity index is 990. The summed E-state index contributed by atoms with van der Waals surface area (Å²) in [5, 5.41) is 23.6. The maximum atomic E-state index is 12.3. The van der Waals surface area contributed by atoms with Crippen molar-refractivity contribution in [3.63, 3.8) is 0 Å². The van der Waals surface area contributed by atoms with E-state index >= 15 is 0 Å². The molecule has 8 heteroatoms. The number of carbonyl (C=O) groups excluding carboxylic acids is 1. The number of hydrogen-bond donors (Lipinski definition) is 3. The molecule has 0 spiro atoms. The smallest absolute Gasteiger partial charge is 0.256 e. The minimum Gasteiger partial charge on any atom is -0.505 e. The number of hydrogen-bond acceptors (Lipinski definition) is 7. The summed E-state index contributed by atoms with van der Waals surface area (Å²) in [7, 11) is 2.91. The van der Waals surface area contributed by atoms with E-state index < -0.39 is 11.8 Å². The molecule has 0 bridgehead atoms. The molecule has 2 aromatic heterocycles. The van der Waals surface area contributed by atoms with Crippen LogP contribution in [-0.4, -0.2) is 40.3 Å². The van der Waals surface area contributed by atoms with E-state index in [-0.39, 0.29) is 22.6 Å². The summed E-state index contributed by atoms with van der Waals surface area (Å²) in [6, 6.07) is 4.65. The molecule has 0 aliphatic carbocycles.